The molecule has 0 heterocycles. The van der Waals surface area contributed by atoms with Gasteiger partial charge in [-0.1, -0.05) is 24.3 Å². The van der Waals surface area contributed by atoms with Gasteiger partial charge in [0.15, 0.2) is 4.87 Å². The zero-order valence-electron chi connectivity index (χ0n) is 5.53. The molecule has 0 aromatic rings. The average molecular weight is 183 g/mol. The highest BCUT2D eigenvalue weighted by Gasteiger charge is 2.51. The van der Waals surface area contributed by atoms with Gasteiger partial charge in [0.2, 0.25) is 0 Å². The van der Waals surface area contributed by atoms with Gasteiger partial charge in [-0.25, -0.2) is 0 Å². The molecule has 0 amide bonds. The molecule has 1 aliphatic rings. The van der Waals surface area contributed by atoms with Crippen LogP contribution in [0.25, 0.3) is 0 Å². The summed E-state index contributed by atoms with van der Waals surface area (Å²) in [7, 11) is 0. The van der Waals surface area contributed by atoms with Crippen LogP contribution in [0.3, 0.4) is 0 Å². The standard InChI is InChI=1S/C7H6ClF3/c8-6(7(9,10)11)4-2-1-3-5-6/h1-4H,5H2. The van der Waals surface area contributed by atoms with Crippen LogP contribution in [0.15, 0.2) is 24.3 Å². The quantitative estimate of drug-likeness (QED) is 0.505. The lowest BCUT2D eigenvalue weighted by Crippen LogP contribution is -2.37. The lowest BCUT2D eigenvalue weighted by atomic mass is 9.99. The third-order valence-corrected chi connectivity index (χ3v) is 1.99. The van der Waals surface area contributed by atoms with Crippen molar-refractivity contribution in [3.8, 4) is 0 Å². The van der Waals surface area contributed by atoms with Gasteiger partial charge < -0.3 is 0 Å². The van der Waals surface area contributed by atoms with E-state index in [2.05, 4.69) is 0 Å². The van der Waals surface area contributed by atoms with E-state index in [1.165, 1.54) is 12.2 Å². The normalized spacial score (nSPS) is 30.9. The molecule has 0 aliphatic heterocycles. The molecule has 1 aliphatic carbocycles. The molecule has 0 aromatic heterocycles. The van der Waals surface area contributed by atoms with E-state index < -0.39 is 11.1 Å². The Hall–Kier alpha value is -0.440. The van der Waals surface area contributed by atoms with Crippen molar-refractivity contribution >= 4 is 11.6 Å². The first-order chi connectivity index (χ1) is 4.96. The van der Waals surface area contributed by atoms with Crippen molar-refractivity contribution in [1.29, 1.82) is 0 Å². The Bertz CT molecular complexity index is 204. The van der Waals surface area contributed by atoms with E-state index >= 15 is 0 Å². The Morgan fingerprint density at radius 1 is 1.27 bits per heavy atom. The third kappa shape index (κ3) is 1.59. The number of hydrogen-bond donors (Lipinski definition) is 0. The second-order valence-corrected chi connectivity index (χ2v) is 3.03. The van der Waals surface area contributed by atoms with Gasteiger partial charge in [0.25, 0.3) is 0 Å². The number of allylic oxidation sites excluding steroid dienone is 4. The van der Waals surface area contributed by atoms with Crippen LogP contribution >= 0.6 is 11.6 Å². The predicted octanol–water partition coefficient (Wildman–Crippen LogP) is 3.04. The Morgan fingerprint density at radius 2 is 1.91 bits per heavy atom. The van der Waals surface area contributed by atoms with Crippen LogP contribution in [0, 0.1) is 0 Å². The fourth-order valence-corrected chi connectivity index (χ4v) is 0.966. The average Bonchev–Trinajstić information content (AvgIpc) is 1.87. The molecule has 0 nitrogen and oxygen atoms in total. The van der Waals surface area contributed by atoms with Crippen molar-refractivity contribution in [3.05, 3.63) is 24.3 Å². The highest BCUT2D eigenvalue weighted by molar-refractivity contribution is 6.26. The predicted molar refractivity (Wildman–Crippen MR) is 37.5 cm³/mol. The molecule has 4 heteroatoms. The molecule has 0 fully saturated rings. The lowest BCUT2D eigenvalue weighted by molar-refractivity contribution is -0.149. The molecule has 62 valence electrons. The molecule has 0 bridgehead atoms. The van der Waals surface area contributed by atoms with Gasteiger partial charge in [0.05, 0.1) is 0 Å². The maximum Gasteiger partial charge on any atom is 0.411 e. The SMILES string of the molecule is FC(F)(F)C1(Cl)C=CC=CC1. The Morgan fingerprint density at radius 3 is 2.18 bits per heavy atom. The van der Waals surface area contributed by atoms with Gasteiger partial charge in [-0.3, -0.25) is 0 Å². The van der Waals surface area contributed by atoms with Crippen molar-refractivity contribution < 1.29 is 13.2 Å². The summed E-state index contributed by atoms with van der Waals surface area (Å²) in [5.74, 6) is 0. The highest BCUT2D eigenvalue weighted by atomic mass is 35.5. The molecule has 0 aromatic carbocycles. The van der Waals surface area contributed by atoms with E-state index in [0.29, 0.717) is 0 Å². The zero-order valence-corrected chi connectivity index (χ0v) is 6.28. The molecule has 0 radical (unpaired) electrons. The molecule has 1 rings (SSSR count). The van der Waals surface area contributed by atoms with Crippen LogP contribution in [0.5, 0.6) is 0 Å². The Kier molecular flexibility index (Phi) is 2.01. The molecule has 11 heavy (non-hydrogen) atoms. The fraction of sp³-hybridized carbons (Fsp3) is 0.429. The first kappa shape index (κ1) is 8.65. The van der Waals surface area contributed by atoms with Crippen LogP contribution in [0.2, 0.25) is 0 Å². The van der Waals surface area contributed by atoms with E-state index in [1.807, 2.05) is 0 Å². The summed E-state index contributed by atoms with van der Waals surface area (Å²) >= 11 is 5.29. The molecule has 0 saturated carbocycles. The van der Waals surface area contributed by atoms with Crippen LogP contribution in [0.1, 0.15) is 6.42 Å². The molecule has 0 N–H and O–H groups in total. The Labute approximate surface area is 67.3 Å². The third-order valence-electron chi connectivity index (χ3n) is 1.49. The number of alkyl halides is 4. The minimum atomic E-state index is -4.37. The van der Waals surface area contributed by atoms with Gasteiger partial charge in [0.1, 0.15) is 0 Å². The summed E-state index contributed by atoms with van der Waals surface area (Å²) in [6, 6.07) is 0. The van der Waals surface area contributed by atoms with Crippen LogP contribution < -0.4 is 0 Å². The summed E-state index contributed by atoms with van der Waals surface area (Å²) < 4.78 is 36.3. The van der Waals surface area contributed by atoms with Crippen molar-refractivity contribution in [2.24, 2.45) is 0 Å². The molecule has 1 atom stereocenters. The molecular weight excluding hydrogens is 177 g/mol. The van der Waals surface area contributed by atoms with Crippen molar-refractivity contribution in [3.63, 3.8) is 0 Å². The van der Waals surface area contributed by atoms with E-state index in [9.17, 15) is 13.2 Å². The van der Waals surface area contributed by atoms with Gasteiger partial charge in [0, 0.05) is 0 Å². The van der Waals surface area contributed by atoms with Gasteiger partial charge in [-0.15, -0.1) is 11.6 Å². The number of hydrogen-bond acceptors (Lipinski definition) is 0. The summed E-state index contributed by atoms with van der Waals surface area (Å²) in [4.78, 5) is -2.18. The maximum absolute atomic E-state index is 12.1. The second kappa shape index (κ2) is 2.55. The highest BCUT2D eigenvalue weighted by Crippen LogP contribution is 2.41. The Balaban J connectivity index is 2.84. The van der Waals surface area contributed by atoms with Crippen LogP contribution in [0.4, 0.5) is 13.2 Å². The van der Waals surface area contributed by atoms with Gasteiger partial charge in [-0.05, 0) is 6.42 Å². The summed E-state index contributed by atoms with van der Waals surface area (Å²) in [6.45, 7) is 0. The van der Waals surface area contributed by atoms with Crippen LogP contribution in [-0.2, 0) is 0 Å². The van der Waals surface area contributed by atoms with Gasteiger partial charge >= 0.3 is 6.18 Å². The van der Waals surface area contributed by atoms with E-state index in [0.717, 1.165) is 6.08 Å². The smallest absolute Gasteiger partial charge is 0.169 e. The second-order valence-electron chi connectivity index (χ2n) is 2.35. The van der Waals surface area contributed by atoms with E-state index in [-0.39, 0.29) is 6.42 Å². The molecule has 1 unspecified atom stereocenters. The van der Waals surface area contributed by atoms with E-state index in [1.54, 1.807) is 6.08 Å². The fourth-order valence-electron chi connectivity index (χ4n) is 0.804. The first-order valence-corrected chi connectivity index (χ1v) is 3.43. The minimum absolute atomic E-state index is 0.186. The monoisotopic (exact) mass is 182 g/mol. The lowest BCUT2D eigenvalue weighted by Gasteiger charge is -2.26. The van der Waals surface area contributed by atoms with Crippen LogP contribution in [-0.4, -0.2) is 11.1 Å². The van der Waals surface area contributed by atoms with Crippen molar-refractivity contribution in [2.75, 3.05) is 0 Å². The zero-order chi connectivity index (χ0) is 8.54. The maximum atomic E-state index is 12.1. The van der Waals surface area contributed by atoms with Crippen molar-refractivity contribution in [2.45, 2.75) is 17.5 Å². The first-order valence-electron chi connectivity index (χ1n) is 3.06. The van der Waals surface area contributed by atoms with Gasteiger partial charge in [-0.2, -0.15) is 13.2 Å². The number of halogens is 4. The molecule has 0 saturated heterocycles. The topological polar surface area (TPSA) is 0 Å². The summed E-state index contributed by atoms with van der Waals surface area (Å²) in [5.41, 5.74) is 0. The van der Waals surface area contributed by atoms with Crippen molar-refractivity contribution in [1.82, 2.24) is 0 Å². The van der Waals surface area contributed by atoms with E-state index in [4.69, 9.17) is 11.6 Å². The minimum Gasteiger partial charge on any atom is -0.169 e. The molecular formula is C7H6ClF3. The summed E-state index contributed by atoms with van der Waals surface area (Å²) in [6.07, 6.45) is 0.676. The summed E-state index contributed by atoms with van der Waals surface area (Å²) in [5, 5.41) is 0. The number of rotatable bonds is 0. The largest absolute Gasteiger partial charge is 0.411 e. The molecule has 0 spiro atoms.